The SMILES string of the molecule is COc1ccc(N(C(=O)c2ccc(Cl)cc2Cl)c2nc(C(=O)N3CCOCC3)c(C)s2)cc1OC. The summed E-state index contributed by atoms with van der Waals surface area (Å²) in [5.74, 6) is 0.310. The summed E-state index contributed by atoms with van der Waals surface area (Å²) in [6.45, 7) is 3.75. The molecule has 0 atom stereocenters. The van der Waals surface area contributed by atoms with Gasteiger partial charge in [0.2, 0.25) is 0 Å². The Morgan fingerprint density at radius 1 is 1.06 bits per heavy atom. The van der Waals surface area contributed by atoms with Crippen molar-refractivity contribution in [2.24, 2.45) is 0 Å². The Morgan fingerprint density at radius 3 is 2.43 bits per heavy atom. The average molecular weight is 536 g/mol. The lowest BCUT2D eigenvalue weighted by molar-refractivity contribution is 0.0299. The molecule has 1 saturated heterocycles. The summed E-state index contributed by atoms with van der Waals surface area (Å²) in [6.07, 6.45) is 0. The second kappa shape index (κ2) is 10.8. The van der Waals surface area contributed by atoms with Crippen LogP contribution in [0.2, 0.25) is 10.0 Å². The maximum absolute atomic E-state index is 13.8. The van der Waals surface area contributed by atoms with E-state index in [4.69, 9.17) is 37.4 Å². The zero-order valence-electron chi connectivity index (χ0n) is 19.3. The highest BCUT2D eigenvalue weighted by atomic mass is 35.5. The summed E-state index contributed by atoms with van der Waals surface area (Å²) in [4.78, 5) is 35.4. The molecule has 2 aromatic carbocycles. The topological polar surface area (TPSA) is 81.2 Å². The van der Waals surface area contributed by atoms with Crippen LogP contribution in [-0.2, 0) is 4.74 Å². The van der Waals surface area contributed by atoms with Crippen molar-refractivity contribution in [2.45, 2.75) is 6.92 Å². The first kappa shape index (κ1) is 25.2. The van der Waals surface area contributed by atoms with Crippen LogP contribution in [0.3, 0.4) is 0 Å². The van der Waals surface area contributed by atoms with Crippen molar-refractivity contribution in [3.8, 4) is 11.5 Å². The summed E-state index contributed by atoms with van der Waals surface area (Å²) < 4.78 is 16.1. The van der Waals surface area contributed by atoms with Crippen molar-refractivity contribution in [1.82, 2.24) is 9.88 Å². The van der Waals surface area contributed by atoms with Crippen LogP contribution in [0.1, 0.15) is 25.7 Å². The predicted octanol–water partition coefficient (Wildman–Crippen LogP) is 5.23. The number of carbonyl (C=O) groups is 2. The van der Waals surface area contributed by atoms with Gasteiger partial charge in [-0.25, -0.2) is 4.98 Å². The molecular weight excluding hydrogens is 513 g/mol. The molecule has 2 heterocycles. The molecule has 1 fully saturated rings. The summed E-state index contributed by atoms with van der Waals surface area (Å²) in [5, 5.41) is 0.931. The Kier molecular flexibility index (Phi) is 7.81. The number of anilines is 2. The maximum atomic E-state index is 13.8. The molecule has 11 heteroatoms. The first-order valence-electron chi connectivity index (χ1n) is 10.7. The molecule has 184 valence electrons. The first-order chi connectivity index (χ1) is 16.8. The first-order valence-corrected chi connectivity index (χ1v) is 12.3. The minimum absolute atomic E-state index is 0.197. The largest absolute Gasteiger partial charge is 0.493 e. The van der Waals surface area contributed by atoms with Gasteiger partial charge in [0, 0.05) is 29.1 Å². The number of ether oxygens (including phenoxy) is 3. The highest BCUT2D eigenvalue weighted by Gasteiger charge is 2.30. The Hall–Kier alpha value is -2.85. The normalized spacial score (nSPS) is 13.5. The number of nitrogens with zero attached hydrogens (tertiary/aromatic N) is 3. The van der Waals surface area contributed by atoms with E-state index in [-0.39, 0.29) is 16.5 Å². The number of halogens is 2. The molecule has 0 N–H and O–H groups in total. The highest BCUT2D eigenvalue weighted by molar-refractivity contribution is 7.16. The van der Waals surface area contributed by atoms with Gasteiger partial charge in [0.25, 0.3) is 11.8 Å². The molecule has 35 heavy (non-hydrogen) atoms. The van der Waals surface area contributed by atoms with Crippen molar-refractivity contribution < 1.29 is 23.8 Å². The van der Waals surface area contributed by atoms with Gasteiger partial charge in [0.1, 0.15) is 5.69 Å². The summed E-state index contributed by atoms with van der Waals surface area (Å²) in [7, 11) is 3.04. The Bertz CT molecular complexity index is 1260. The summed E-state index contributed by atoms with van der Waals surface area (Å²) in [5.41, 5.74) is 1.00. The second-order valence-corrected chi connectivity index (χ2v) is 9.64. The number of amides is 2. The van der Waals surface area contributed by atoms with Crippen LogP contribution in [0, 0.1) is 6.92 Å². The maximum Gasteiger partial charge on any atom is 0.273 e. The third kappa shape index (κ3) is 5.23. The van der Waals surface area contributed by atoms with Gasteiger partial charge in [-0.3, -0.25) is 14.5 Å². The van der Waals surface area contributed by atoms with Gasteiger partial charge in [-0.2, -0.15) is 0 Å². The third-order valence-corrected chi connectivity index (χ3v) is 6.97. The van der Waals surface area contributed by atoms with Crippen LogP contribution in [0.5, 0.6) is 11.5 Å². The van der Waals surface area contributed by atoms with Crippen molar-refractivity contribution in [2.75, 3.05) is 45.4 Å². The molecule has 8 nitrogen and oxygen atoms in total. The van der Waals surface area contributed by atoms with Gasteiger partial charge < -0.3 is 19.1 Å². The quantitative estimate of drug-likeness (QED) is 0.430. The Balaban J connectivity index is 1.81. The molecule has 0 unspecified atom stereocenters. The van der Waals surface area contributed by atoms with Crippen LogP contribution >= 0.6 is 34.5 Å². The zero-order valence-corrected chi connectivity index (χ0v) is 21.7. The number of carbonyl (C=O) groups excluding carboxylic acids is 2. The number of morpholine rings is 1. The fraction of sp³-hybridized carbons (Fsp3) is 0.292. The van der Waals surface area contributed by atoms with Crippen LogP contribution in [0.25, 0.3) is 0 Å². The van der Waals surface area contributed by atoms with Crippen molar-refractivity contribution in [3.63, 3.8) is 0 Å². The molecule has 0 saturated carbocycles. The van der Waals surface area contributed by atoms with Crippen molar-refractivity contribution >= 4 is 57.2 Å². The van der Waals surface area contributed by atoms with E-state index in [1.54, 1.807) is 42.2 Å². The van der Waals surface area contributed by atoms with Gasteiger partial charge in [-0.15, -0.1) is 11.3 Å². The van der Waals surface area contributed by atoms with Gasteiger partial charge in [-0.1, -0.05) is 23.2 Å². The van der Waals surface area contributed by atoms with Gasteiger partial charge in [0.15, 0.2) is 16.6 Å². The molecular formula is C24H23Cl2N3O5S. The smallest absolute Gasteiger partial charge is 0.273 e. The van der Waals surface area contributed by atoms with Gasteiger partial charge in [-0.05, 0) is 37.3 Å². The molecule has 0 spiro atoms. The molecule has 1 aliphatic rings. The molecule has 1 aromatic heterocycles. The number of benzene rings is 2. The fourth-order valence-corrected chi connectivity index (χ4v) is 5.06. The molecule has 0 bridgehead atoms. The van der Waals surface area contributed by atoms with E-state index >= 15 is 0 Å². The second-order valence-electron chi connectivity index (χ2n) is 7.61. The summed E-state index contributed by atoms with van der Waals surface area (Å²) in [6, 6.07) is 9.72. The van der Waals surface area contributed by atoms with E-state index in [0.29, 0.717) is 64.2 Å². The van der Waals surface area contributed by atoms with Crippen LogP contribution in [-0.4, -0.2) is 62.2 Å². The molecule has 0 aliphatic carbocycles. The Morgan fingerprint density at radius 2 is 1.77 bits per heavy atom. The number of hydrogen-bond acceptors (Lipinski definition) is 7. The summed E-state index contributed by atoms with van der Waals surface area (Å²) >= 11 is 13.7. The van der Waals surface area contributed by atoms with Gasteiger partial charge >= 0.3 is 0 Å². The molecule has 2 amide bonds. The van der Waals surface area contributed by atoms with E-state index in [1.165, 1.54) is 36.5 Å². The number of hydrogen-bond donors (Lipinski definition) is 0. The lowest BCUT2D eigenvalue weighted by atomic mass is 10.1. The molecule has 4 rings (SSSR count). The Labute approximate surface area is 216 Å². The molecule has 3 aromatic rings. The average Bonchev–Trinajstić information content (AvgIpc) is 3.24. The van der Waals surface area contributed by atoms with Crippen LogP contribution in [0.15, 0.2) is 36.4 Å². The standard InChI is InChI=1S/C24H23Cl2N3O5S/c1-14-21(23(31)28-8-10-34-11-9-28)27-24(35-14)29(16-5-7-19(32-2)20(13-16)33-3)22(30)17-6-4-15(25)12-18(17)26/h4-7,12-13H,8-11H2,1-3H3. The van der Waals surface area contributed by atoms with E-state index in [1.807, 2.05) is 0 Å². The number of rotatable bonds is 6. The minimum Gasteiger partial charge on any atom is -0.493 e. The fourth-order valence-electron chi connectivity index (χ4n) is 3.65. The van der Waals surface area contributed by atoms with E-state index in [2.05, 4.69) is 4.98 Å². The molecule has 1 aliphatic heterocycles. The lowest BCUT2D eigenvalue weighted by Crippen LogP contribution is -2.41. The van der Waals surface area contributed by atoms with Crippen molar-refractivity contribution in [1.29, 1.82) is 0 Å². The number of aryl methyl sites for hydroxylation is 1. The van der Waals surface area contributed by atoms with Crippen molar-refractivity contribution in [3.05, 3.63) is 62.6 Å². The minimum atomic E-state index is -0.432. The van der Waals surface area contributed by atoms with Crippen LogP contribution in [0.4, 0.5) is 10.8 Å². The number of aromatic nitrogens is 1. The van der Waals surface area contributed by atoms with Crippen LogP contribution < -0.4 is 14.4 Å². The van der Waals surface area contributed by atoms with E-state index in [9.17, 15) is 9.59 Å². The highest BCUT2D eigenvalue weighted by Crippen LogP contribution is 2.39. The zero-order chi connectivity index (χ0) is 25.1. The lowest BCUT2D eigenvalue weighted by Gasteiger charge is -2.26. The predicted molar refractivity (Wildman–Crippen MR) is 136 cm³/mol. The van der Waals surface area contributed by atoms with Gasteiger partial charge in [0.05, 0.1) is 43.7 Å². The number of methoxy groups -OCH3 is 2. The van der Waals surface area contributed by atoms with E-state index < -0.39 is 5.91 Å². The van der Waals surface area contributed by atoms with E-state index in [0.717, 1.165) is 0 Å². The monoisotopic (exact) mass is 535 g/mol. The molecule has 0 radical (unpaired) electrons. The third-order valence-electron chi connectivity index (χ3n) is 5.47. The number of thiazole rings is 1.